The number of rotatable bonds is 4. The van der Waals surface area contributed by atoms with E-state index >= 15 is 0 Å². The minimum atomic E-state index is -1.15. The first-order valence-corrected chi connectivity index (χ1v) is 7.00. The van der Waals surface area contributed by atoms with E-state index in [0.717, 1.165) is 4.88 Å². The Morgan fingerprint density at radius 2 is 2.20 bits per heavy atom. The quantitative estimate of drug-likeness (QED) is 0.886. The molecule has 0 saturated carbocycles. The minimum absolute atomic E-state index is 0.0460. The molecule has 2 rings (SSSR count). The number of amides is 1. The number of aliphatic hydroxyl groups is 1. The molecule has 0 aromatic carbocycles. The van der Waals surface area contributed by atoms with Gasteiger partial charge in [-0.1, -0.05) is 6.07 Å². The van der Waals surface area contributed by atoms with Crippen molar-refractivity contribution in [2.24, 2.45) is 7.05 Å². The molecule has 0 saturated heterocycles. The van der Waals surface area contributed by atoms with E-state index in [1.807, 2.05) is 11.4 Å². The Bertz CT molecular complexity index is 659. The van der Waals surface area contributed by atoms with Gasteiger partial charge in [0.05, 0.1) is 6.54 Å². The molecule has 20 heavy (non-hydrogen) atoms. The van der Waals surface area contributed by atoms with Gasteiger partial charge >= 0.3 is 0 Å². The second-order valence-electron chi connectivity index (χ2n) is 4.77. The molecule has 0 aliphatic carbocycles. The van der Waals surface area contributed by atoms with Gasteiger partial charge in [-0.15, -0.1) is 11.3 Å². The van der Waals surface area contributed by atoms with Crippen LogP contribution in [0.5, 0.6) is 0 Å². The van der Waals surface area contributed by atoms with Crippen LogP contribution < -0.4 is 10.9 Å². The van der Waals surface area contributed by atoms with Crippen molar-refractivity contribution in [2.45, 2.75) is 12.5 Å². The van der Waals surface area contributed by atoms with Crippen molar-refractivity contribution in [1.29, 1.82) is 0 Å². The lowest BCUT2D eigenvalue weighted by Gasteiger charge is -2.22. The van der Waals surface area contributed by atoms with Crippen molar-refractivity contribution < 1.29 is 9.90 Å². The Balaban J connectivity index is 2.10. The van der Waals surface area contributed by atoms with Crippen LogP contribution in [0, 0.1) is 0 Å². The van der Waals surface area contributed by atoms with Gasteiger partial charge in [0.15, 0.2) is 0 Å². The highest BCUT2D eigenvalue weighted by Crippen LogP contribution is 2.24. The van der Waals surface area contributed by atoms with E-state index in [0.29, 0.717) is 0 Å². The summed E-state index contributed by atoms with van der Waals surface area (Å²) in [5.74, 6) is -0.483. The Hall–Kier alpha value is -1.92. The maximum atomic E-state index is 12.0. The molecule has 2 aromatic heterocycles. The zero-order valence-corrected chi connectivity index (χ0v) is 12.1. The monoisotopic (exact) mass is 292 g/mol. The number of thiophene rings is 1. The summed E-state index contributed by atoms with van der Waals surface area (Å²) >= 11 is 1.42. The first-order chi connectivity index (χ1) is 9.42. The fourth-order valence-electron chi connectivity index (χ4n) is 1.79. The van der Waals surface area contributed by atoms with Gasteiger partial charge in [0.25, 0.3) is 11.5 Å². The van der Waals surface area contributed by atoms with Crippen LogP contribution in [0.1, 0.15) is 22.2 Å². The van der Waals surface area contributed by atoms with Crippen molar-refractivity contribution >= 4 is 17.2 Å². The summed E-state index contributed by atoms with van der Waals surface area (Å²) in [7, 11) is 1.58. The van der Waals surface area contributed by atoms with Crippen LogP contribution in [-0.4, -0.2) is 22.1 Å². The molecule has 6 heteroatoms. The van der Waals surface area contributed by atoms with E-state index in [2.05, 4.69) is 5.32 Å². The van der Waals surface area contributed by atoms with E-state index in [4.69, 9.17) is 0 Å². The van der Waals surface area contributed by atoms with Gasteiger partial charge in [-0.3, -0.25) is 9.59 Å². The van der Waals surface area contributed by atoms with Crippen LogP contribution in [0.25, 0.3) is 0 Å². The highest BCUT2D eigenvalue weighted by Gasteiger charge is 2.25. The average molecular weight is 292 g/mol. The second kappa shape index (κ2) is 5.60. The molecule has 1 atom stereocenters. The summed E-state index contributed by atoms with van der Waals surface area (Å²) in [5, 5.41) is 14.8. The lowest BCUT2D eigenvalue weighted by atomic mass is 10.1. The number of pyridine rings is 1. The zero-order chi connectivity index (χ0) is 14.8. The summed E-state index contributed by atoms with van der Waals surface area (Å²) in [4.78, 5) is 24.6. The molecule has 0 spiro atoms. The van der Waals surface area contributed by atoms with Gasteiger partial charge < -0.3 is 15.0 Å². The first-order valence-electron chi connectivity index (χ1n) is 6.12. The Labute approximate surface area is 120 Å². The highest BCUT2D eigenvalue weighted by molar-refractivity contribution is 7.10. The summed E-state index contributed by atoms with van der Waals surface area (Å²) in [5.41, 5.74) is -1.44. The SMILES string of the molecule is Cn1cccc(C(=O)NC[C@](C)(O)c2cccs2)c1=O. The molecule has 5 nitrogen and oxygen atoms in total. The Morgan fingerprint density at radius 3 is 2.85 bits per heavy atom. The van der Waals surface area contributed by atoms with Gasteiger partial charge in [-0.25, -0.2) is 0 Å². The van der Waals surface area contributed by atoms with E-state index < -0.39 is 11.5 Å². The van der Waals surface area contributed by atoms with Gasteiger partial charge in [0.1, 0.15) is 11.2 Å². The maximum Gasteiger partial charge on any atom is 0.263 e. The second-order valence-corrected chi connectivity index (χ2v) is 5.72. The largest absolute Gasteiger partial charge is 0.383 e. The molecule has 2 N–H and O–H groups in total. The lowest BCUT2D eigenvalue weighted by molar-refractivity contribution is 0.0556. The lowest BCUT2D eigenvalue weighted by Crippen LogP contribution is -2.40. The molecule has 0 unspecified atom stereocenters. The van der Waals surface area contributed by atoms with Crippen molar-refractivity contribution in [3.63, 3.8) is 0 Å². The number of carbonyl (C=O) groups excluding carboxylic acids is 1. The zero-order valence-electron chi connectivity index (χ0n) is 11.3. The maximum absolute atomic E-state index is 12.0. The molecule has 0 aliphatic rings. The predicted molar refractivity (Wildman–Crippen MR) is 77.9 cm³/mol. The van der Waals surface area contributed by atoms with E-state index in [1.54, 1.807) is 32.3 Å². The number of aromatic nitrogens is 1. The van der Waals surface area contributed by atoms with Crippen LogP contribution in [0.2, 0.25) is 0 Å². The molecule has 106 valence electrons. The van der Waals surface area contributed by atoms with Crippen molar-refractivity contribution in [3.8, 4) is 0 Å². The standard InChI is InChI=1S/C14H16N2O3S/c1-14(19,11-6-4-8-20-11)9-15-12(17)10-5-3-7-16(2)13(10)18/h3-8,19H,9H2,1-2H3,(H,15,17)/t14-/m0/s1. The van der Waals surface area contributed by atoms with Crippen molar-refractivity contribution in [3.05, 3.63) is 56.6 Å². The fourth-order valence-corrected chi connectivity index (χ4v) is 2.58. The smallest absolute Gasteiger partial charge is 0.263 e. The Morgan fingerprint density at radius 1 is 1.45 bits per heavy atom. The average Bonchev–Trinajstić information content (AvgIpc) is 2.94. The third kappa shape index (κ3) is 2.97. The summed E-state index contributed by atoms with van der Waals surface area (Å²) < 4.78 is 1.34. The Kier molecular flexibility index (Phi) is 4.06. The van der Waals surface area contributed by atoms with Crippen molar-refractivity contribution in [1.82, 2.24) is 9.88 Å². The van der Waals surface area contributed by atoms with Gasteiger partial charge in [0, 0.05) is 18.1 Å². The molecular formula is C14H16N2O3S. The molecule has 2 heterocycles. The van der Waals surface area contributed by atoms with Gasteiger partial charge in [-0.05, 0) is 30.5 Å². The van der Waals surface area contributed by atoms with E-state index in [-0.39, 0.29) is 17.7 Å². The molecule has 2 aromatic rings. The van der Waals surface area contributed by atoms with Crippen LogP contribution in [0.3, 0.4) is 0 Å². The summed E-state index contributed by atoms with van der Waals surface area (Å²) in [6, 6.07) is 6.74. The van der Waals surface area contributed by atoms with Crippen molar-refractivity contribution in [2.75, 3.05) is 6.54 Å². The number of nitrogens with one attached hydrogen (secondary N) is 1. The van der Waals surface area contributed by atoms with Crippen LogP contribution in [0.15, 0.2) is 40.6 Å². The number of nitrogens with zero attached hydrogens (tertiary/aromatic N) is 1. The molecule has 0 aliphatic heterocycles. The van der Waals surface area contributed by atoms with Gasteiger partial charge in [-0.2, -0.15) is 0 Å². The number of hydrogen-bond acceptors (Lipinski definition) is 4. The van der Waals surface area contributed by atoms with E-state index in [9.17, 15) is 14.7 Å². The topological polar surface area (TPSA) is 71.3 Å². The number of aryl methyl sites for hydroxylation is 1. The number of hydrogen-bond donors (Lipinski definition) is 2. The normalized spacial score (nSPS) is 13.8. The fraction of sp³-hybridized carbons (Fsp3) is 0.286. The van der Waals surface area contributed by atoms with Crippen LogP contribution >= 0.6 is 11.3 Å². The third-order valence-electron chi connectivity index (χ3n) is 3.01. The summed E-state index contributed by atoms with van der Waals surface area (Å²) in [6.45, 7) is 1.67. The predicted octanol–water partition coefficient (Wildman–Crippen LogP) is 1.08. The summed E-state index contributed by atoms with van der Waals surface area (Å²) in [6.07, 6.45) is 1.58. The molecule has 1 amide bonds. The molecule has 0 fully saturated rings. The highest BCUT2D eigenvalue weighted by atomic mass is 32.1. The van der Waals surface area contributed by atoms with Gasteiger partial charge in [0.2, 0.25) is 0 Å². The minimum Gasteiger partial charge on any atom is -0.383 e. The molecule has 0 radical (unpaired) electrons. The molecule has 0 bridgehead atoms. The van der Waals surface area contributed by atoms with Crippen LogP contribution in [-0.2, 0) is 12.6 Å². The first kappa shape index (κ1) is 14.5. The number of carbonyl (C=O) groups is 1. The van der Waals surface area contributed by atoms with Crippen LogP contribution in [0.4, 0.5) is 0 Å². The van der Waals surface area contributed by atoms with E-state index in [1.165, 1.54) is 22.0 Å². The third-order valence-corrected chi connectivity index (χ3v) is 4.14. The molecular weight excluding hydrogens is 276 g/mol.